The van der Waals surface area contributed by atoms with Gasteiger partial charge in [-0.3, -0.25) is 9.89 Å². The number of aromatic nitrogens is 7. The molecule has 13 heteroatoms. The van der Waals surface area contributed by atoms with Gasteiger partial charge in [0.05, 0.1) is 25.0 Å². The van der Waals surface area contributed by atoms with Crippen molar-refractivity contribution in [2.75, 3.05) is 42.2 Å². The fourth-order valence-corrected chi connectivity index (χ4v) is 2.96. The Kier molecular flexibility index (Phi) is 5.56. The van der Waals surface area contributed by atoms with Crippen LogP contribution in [0.15, 0.2) is 18.5 Å². The number of nitrogens with zero attached hydrogens (tertiary/aromatic N) is 8. The Bertz CT molecular complexity index is 1070. The first-order valence-corrected chi connectivity index (χ1v) is 9.65. The van der Waals surface area contributed by atoms with E-state index < -0.39 is 11.9 Å². The quantitative estimate of drug-likeness (QED) is 0.522. The van der Waals surface area contributed by atoms with Gasteiger partial charge in [0.25, 0.3) is 0 Å². The SMILES string of the molecule is Cc1cc(Nc2nc(N[C@@H](C)c3ncc(F)cn3)nc(N3CCN(C)C(=O)C3)n2)n[nH]1. The van der Waals surface area contributed by atoms with Crippen molar-refractivity contribution in [2.24, 2.45) is 0 Å². The van der Waals surface area contributed by atoms with Gasteiger partial charge in [0, 0.05) is 31.9 Å². The Morgan fingerprint density at radius 3 is 2.58 bits per heavy atom. The lowest BCUT2D eigenvalue weighted by Crippen LogP contribution is -2.49. The second kappa shape index (κ2) is 8.45. The van der Waals surface area contributed by atoms with Crippen molar-refractivity contribution < 1.29 is 9.18 Å². The Morgan fingerprint density at radius 2 is 1.90 bits per heavy atom. The van der Waals surface area contributed by atoms with Crippen LogP contribution in [0.3, 0.4) is 0 Å². The average Bonchev–Trinajstić information content (AvgIpc) is 3.14. The van der Waals surface area contributed by atoms with Gasteiger partial charge in [0.1, 0.15) is 5.82 Å². The molecule has 1 fully saturated rings. The van der Waals surface area contributed by atoms with Crippen LogP contribution < -0.4 is 15.5 Å². The van der Waals surface area contributed by atoms with Crippen LogP contribution >= 0.6 is 0 Å². The fraction of sp³-hybridized carbons (Fsp3) is 0.389. The molecule has 4 rings (SSSR count). The molecular weight excluding hydrogens is 405 g/mol. The average molecular weight is 427 g/mol. The number of carbonyl (C=O) groups excluding carboxylic acids is 1. The molecule has 4 heterocycles. The van der Waals surface area contributed by atoms with Gasteiger partial charge in [-0.05, 0) is 13.8 Å². The second-order valence-corrected chi connectivity index (χ2v) is 7.21. The monoisotopic (exact) mass is 427 g/mol. The number of carbonyl (C=O) groups is 1. The molecule has 0 aliphatic carbocycles. The standard InChI is InChI=1S/C18H22FN11O/c1-10-6-13(28-27-10)23-17-24-16(22-11(2)15-20-7-12(19)8-21-15)25-18(26-17)30-5-4-29(3)14(31)9-30/h6-8,11H,4-5,9H2,1-3H3,(H3,22,23,24,25,26,27,28)/t11-/m0/s1. The Morgan fingerprint density at radius 1 is 1.16 bits per heavy atom. The van der Waals surface area contributed by atoms with Crippen molar-refractivity contribution in [3.05, 3.63) is 35.8 Å². The number of nitrogens with one attached hydrogen (secondary N) is 3. The zero-order valence-corrected chi connectivity index (χ0v) is 17.3. The summed E-state index contributed by atoms with van der Waals surface area (Å²) in [6.07, 6.45) is 2.20. The normalized spacial score (nSPS) is 15.2. The predicted molar refractivity (Wildman–Crippen MR) is 110 cm³/mol. The summed E-state index contributed by atoms with van der Waals surface area (Å²) in [6, 6.07) is 1.41. The van der Waals surface area contributed by atoms with Crippen LogP contribution in [0.2, 0.25) is 0 Å². The number of aryl methyl sites for hydroxylation is 1. The zero-order chi connectivity index (χ0) is 22.0. The van der Waals surface area contributed by atoms with Crippen LogP contribution in [-0.2, 0) is 4.79 Å². The molecule has 1 saturated heterocycles. The summed E-state index contributed by atoms with van der Waals surface area (Å²) in [7, 11) is 1.76. The smallest absolute Gasteiger partial charge is 0.242 e. The van der Waals surface area contributed by atoms with Crippen molar-refractivity contribution >= 4 is 29.6 Å². The number of anilines is 4. The number of amides is 1. The van der Waals surface area contributed by atoms with E-state index in [-0.39, 0.29) is 24.3 Å². The van der Waals surface area contributed by atoms with Crippen LogP contribution in [0.25, 0.3) is 0 Å². The highest BCUT2D eigenvalue weighted by Crippen LogP contribution is 2.21. The first kappa shape index (κ1) is 20.4. The van der Waals surface area contributed by atoms with E-state index in [1.165, 1.54) is 0 Å². The van der Waals surface area contributed by atoms with Gasteiger partial charge in [0.2, 0.25) is 23.8 Å². The minimum Gasteiger partial charge on any atom is -0.344 e. The maximum absolute atomic E-state index is 13.1. The maximum atomic E-state index is 13.1. The van der Waals surface area contributed by atoms with Gasteiger partial charge >= 0.3 is 0 Å². The van der Waals surface area contributed by atoms with Crippen LogP contribution in [0.1, 0.15) is 24.5 Å². The molecule has 31 heavy (non-hydrogen) atoms. The Labute approximate surface area is 177 Å². The van der Waals surface area contributed by atoms with Gasteiger partial charge in [-0.15, -0.1) is 0 Å². The highest BCUT2D eigenvalue weighted by atomic mass is 19.1. The number of rotatable bonds is 6. The predicted octanol–water partition coefficient (Wildman–Crippen LogP) is 1.03. The second-order valence-electron chi connectivity index (χ2n) is 7.21. The number of H-pyrrole nitrogens is 1. The summed E-state index contributed by atoms with van der Waals surface area (Å²) in [6.45, 7) is 5.00. The van der Waals surface area contributed by atoms with E-state index in [0.29, 0.717) is 30.7 Å². The number of piperazine rings is 1. The third kappa shape index (κ3) is 4.82. The summed E-state index contributed by atoms with van der Waals surface area (Å²) in [5.41, 5.74) is 0.877. The van der Waals surface area contributed by atoms with Crippen molar-refractivity contribution in [3.8, 4) is 0 Å². The molecule has 1 aliphatic heterocycles. The summed E-state index contributed by atoms with van der Waals surface area (Å²) in [4.78, 5) is 36.9. The summed E-state index contributed by atoms with van der Waals surface area (Å²) in [5, 5.41) is 13.1. The van der Waals surface area contributed by atoms with Crippen molar-refractivity contribution in [2.45, 2.75) is 19.9 Å². The first-order valence-electron chi connectivity index (χ1n) is 9.65. The van der Waals surface area contributed by atoms with Gasteiger partial charge in [-0.25, -0.2) is 14.4 Å². The topological polar surface area (TPSA) is 141 Å². The number of halogens is 1. The summed E-state index contributed by atoms with van der Waals surface area (Å²) in [5.74, 6) is 1.26. The van der Waals surface area contributed by atoms with Crippen molar-refractivity contribution in [3.63, 3.8) is 0 Å². The third-order valence-electron chi connectivity index (χ3n) is 4.68. The van der Waals surface area contributed by atoms with E-state index in [4.69, 9.17) is 0 Å². The molecule has 3 aromatic heterocycles. The molecule has 1 atom stereocenters. The van der Waals surface area contributed by atoms with Gasteiger partial charge in [-0.2, -0.15) is 20.1 Å². The molecule has 1 aliphatic rings. The molecular formula is C18H22FN11O. The summed E-state index contributed by atoms with van der Waals surface area (Å²) >= 11 is 0. The number of aromatic amines is 1. The molecule has 1 amide bonds. The molecule has 0 spiro atoms. The lowest BCUT2D eigenvalue weighted by atomic mass is 10.3. The summed E-state index contributed by atoms with van der Waals surface area (Å²) < 4.78 is 13.1. The molecule has 3 aromatic rings. The molecule has 0 aromatic carbocycles. The van der Waals surface area contributed by atoms with Crippen LogP contribution in [0.4, 0.5) is 28.1 Å². The highest BCUT2D eigenvalue weighted by Gasteiger charge is 2.24. The van der Waals surface area contributed by atoms with Crippen LogP contribution in [0, 0.1) is 12.7 Å². The molecule has 0 radical (unpaired) electrons. The molecule has 0 saturated carbocycles. The highest BCUT2D eigenvalue weighted by molar-refractivity contribution is 5.82. The molecule has 162 valence electrons. The minimum absolute atomic E-state index is 0.0216. The van der Waals surface area contributed by atoms with Crippen LogP contribution in [0.5, 0.6) is 0 Å². The van der Waals surface area contributed by atoms with Gasteiger partial charge < -0.3 is 20.4 Å². The van der Waals surface area contributed by atoms with Crippen LogP contribution in [-0.4, -0.2) is 72.6 Å². The van der Waals surface area contributed by atoms with E-state index >= 15 is 0 Å². The van der Waals surface area contributed by atoms with E-state index in [2.05, 4.69) is 45.8 Å². The van der Waals surface area contributed by atoms with E-state index in [9.17, 15) is 9.18 Å². The van der Waals surface area contributed by atoms with E-state index in [1.54, 1.807) is 23.8 Å². The van der Waals surface area contributed by atoms with Crippen molar-refractivity contribution in [1.29, 1.82) is 0 Å². The molecule has 0 unspecified atom stereocenters. The zero-order valence-electron chi connectivity index (χ0n) is 17.3. The third-order valence-corrected chi connectivity index (χ3v) is 4.68. The number of hydrogen-bond donors (Lipinski definition) is 3. The number of hydrogen-bond acceptors (Lipinski definition) is 10. The molecule has 12 nitrogen and oxygen atoms in total. The number of likely N-dealkylation sites (N-methyl/N-ethyl adjacent to an activating group) is 1. The first-order chi connectivity index (χ1) is 14.9. The fourth-order valence-electron chi connectivity index (χ4n) is 2.96. The lowest BCUT2D eigenvalue weighted by molar-refractivity contribution is -0.129. The van der Waals surface area contributed by atoms with E-state index in [1.807, 2.05) is 13.0 Å². The van der Waals surface area contributed by atoms with E-state index in [0.717, 1.165) is 18.1 Å². The van der Waals surface area contributed by atoms with Crippen molar-refractivity contribution in [1.82, 2.24) is 40.0 Å². The molecule has 0 bridgehead atoms. The van der Waals surface area contributed by atoms with Gasteiger partial charge in [0.15, 0.2) is 11.6 Å². The molecule has 3 N–H and O–H groups in total. The maximum Gasteiger partial charge on any atom is 0.242 e. The minimum atomic E-state index is -0.515. The Hall–Kier alpha value is -3.90. The lowest BCUT2D eigenvalue weighted by Gasteiger charge is -2.32. The largest absolute Gasteiger partial charge is 0.344 e. The van der Waals surface area contributed by atoms with Gasteiger partial charge in [-0.1, -0.05) is 0 Å². The Balaban J connectivity index is 1.61.